The predicted molar refractivity (Wildman–Crippen MR) is 136 cm³/mol. The van der Waals surface area contributed by atoms with Gasteiger partial charge < -0.3 is 9.15 Å². The normalized spacial score (nSPS) is 11.7. The second-order valence-corrected chi connectivity index (χ2v) is 9.90. The van der Waals surface area contributed by atoms with Crippen LogP contribution in [-0.2, 0) is 4.79 Å². The second-order valence-electron chi connectivity index (χ2n) is 7.42. The van der Waals surface area contributed by atoms with E-state index in [1.807, 2.05) is 32.9 Å². The maximum atomic E-state index is 12.7. The molecule has 8 heteroatoms. The lowest BCUT2D eigenvalue weighted by Gasteiger charge is -2.11. The van der Waals surface area contributed by atoms with Gasteiger partial charge in [0.05, 0.1) is 12.9 Å². The molecule has 1 N–H and O–H groups in total. The summed E-state index contributed by atoms with van der Waals surface area (Å²) in [5.41, 5.74) is 5.64. The van der Waals surface area contributed by atoms with Crippen molar-refractivity contribution in [1.82, 2.24) is 10.2 Å². The molecule has 0 radical (unpaired) electrons. The SMILES string of the molecule is CCOc1cc2occ(-c3ccc(C)cc3)c2cc1/C(C)=C/C(=O)Nc1nnc(SCC)s1. The second kappa shape index (κ2) is 10.2. The molecule has 2 aromatic heterocycles. The van der Waals surface area contributed by atoms with Crippen LogP contribution in [0.25, 0.3) is 27.7 Å². The van der Waals surface area contributed by atoms with Crippen molar-refractivity contribution in [3.8, 4) is 16.9 Å². The Morgan fingerprint density at radius 3 is 2.73 bits per heavy atom. The number of benzene rings is 2. The number of hydrogen-bond acceptors (Lipinski definition) is 7. The molecule has 0 spiro atoms. The van der Waals surface area contributed by atoms with E-state index in [1.54, 1.807) is 24.1 Å². The summed E-state index contributed by atoms with van der Waals surface area (Å²) in [5, 5.41) is 12.4. The maximum Gasteiger partial charge on any atom is 0.250 e. The molecule has 0 fully saturated rings. The van der Waals surface area contributed by atoms with E-state index in [9.17, 15) is 4.79 Å². The molecule has 2 aromatic carbocycles. The molecule has 33 heavy (non-hydrogen) atoms. The number of ether oxygens (including phenoxy) is 1. The predicted octanol–water partition coefficient (Wildman–Crippen LogP) is 6.81. The first kappa shape index (κ1) is 23.1. The van der Waals surface area contributed by atoms with E-state index in [-0.39, 0.29) is 5.91 Å². The first-order valence-corrected chi connectivity index (χ1v) is 12.5. The largest absolute Gasteiger partial charge is 0.493 e. The van der Waals surface area contributed by atoms with Crippen LogP contribution < -0.4 is 10.1 Å². The fraction of sp³-hybridized carbons (Fsp3) is 0.240. The van der Waals surface area contributed by atoms with Crippen LogP contribution in [-0.4, -0.2) is 28.5 Å². The third kappa shape index (κ3) is 5.29. The van der Waals surface area contributed by atoms with Crippen LogP contribution in [0.3, 0.4) is 0 Å². The molecule has 2 heterocycles. The van der Waals surface area contributed by atoms with E-state index >= 15 is 0 Å². The topological polar surface area (TPSA) is 77.2 Å². The lowest BCUT2D eigenvalue weighted by atomic mass is 9.99. The molecule has 0 saturated carbocycles. The number of hydrogen-bond donors (Lipinski definition) is 1. The fourth-order valence-electron chi connectivity index (χ4n) is 3.45. The summed E-state index contributed by atoms with van der Waals surface area (Å²) in [6.45, 7) is 8.45. The van der Waals surface area contributed by atoms with Crippen molar-refractivity contribution in [2.24, 2.45) is 0 Å². The molecular weight excluding hydrogens is 454 g/mol. The number of nitrogens with zero attached hydrogens (tertiary/aromatic N) is 2. The number of rotatable bonds is 8. The number of aryl methyl sites for hydroxylation is 1. The van der Waals surface area contributed by atoms with Gasteiger partial charge in [0, 0.05) is 28.7 Å². The van der Waals surface area contributed by atoms with Crippen LogP contribution in [0.4, 0.5) is 5.13 Å². The van der Waals surface area contributed by atoms with Gasteiger partial charge in [-0.25, -0.2) is 0 Å². The van der Waals surface area contributed by atoms with Gasteiger partial charge in [-0.2, -0.15) is 0 Å². The van der Waals surface area contributed by atoms with E-state index in [1.165, 1.54) is 16.9 Å². The molecule has 0 unspecified atom stereocenters. The summed E-state index contributed by atoms with van der Waals surface area (Å²) in [4.78, 5) is 12.7. The zero-order valence-electron chi connectivity index (χ0n) is 19.0. The van der Waals surface area contributed by atoms with Crippen LogP contribution in [0.2, 0.25) is 0 Å². The Bertz CT molecular complexity index is 1310. The van der Waals surface area contributed by atoms with Crippen LogP contribution in [0, 0.1) is 6.92 Å². The van der Waals surface area contributed by atoms with Crippen molar-refractivity contribution in [3.05, 3.63) is 59.9 Å². The molecular formula is C25H25N3O3S2. The van der Waals surface area contributed by atoms with Gasteiger partial charge in [-0.15, -0.1) is 10.2 Å². The highest BCUT2D eigenvalue weighted by Crippen LogP contribution is 2.37. The quantitative estimate of drug-likeness (QED) is 0.170. The van der Waals surface area contributed by atoms with Gasteiger partial charge in [0.1, 0.15) is 11.3 Å². The molecule has 4 rings (SSSR count). The summed E-state index contributed by atoms with van der Waals surface area (Å²) in [7, 11) is 0. The number of aromatic nitrogens is 2. The van der Waals surface area contributed by atoms with Crippen LogP contribution in [0.1, 0.15) is 31.9 Å². The van der Waals surface area contributed by atoms with Gasteiger partial charge >= 0.3 is 0 Å². The number of nitrogens with one attached hydrogen (secondary N) is 1. The van der Waals surface area contributed by atoms with Crippen LogP contribution in [0.15, 0.2) is 57.5 Å². The fourth-order valence-corrected chi connectivity index (χ4v) is 5.10. The maximum absolute atomic E-state index is 12.7. The molecule has 1 amide bonds. The molecule has 0 aliphatic carbocycles. The number of thioether (sulfide) groups is 1. The monoisotopic (exact) mass is 479 g/mol. The van der Waals surface area contributed by atoms with E-state index in [4.69, 9.17) is 9.15 Å². The Kier molecular flexibility index (Phi) is 7.15. The highest BCUT2D eigenvalue weighted by Gasteiger charge is 2.16. The summed E-state index contributed by atoms with van der Waals surface area (Å²) in [6.07, 6.45) is 3.32. The molecule has 0 aliphatic heterocycles. The Morgan fingerprint density at radius 2 is 2.00 bits per heavy atom. The number of carbonyl (C=O) groups is 1. The van der Waals surface area contributed by atoms with Gasteiger partial charge in [-0.05, 0) is 43.7 Å². The number of fused-ring (bicyclic) bond motifs is 1. The average molecular weight is 480 g/mol. The number of furan rings is 1. The molecule has 4 aromatic rings. The lowest BCUT2D eigenvalue weighted by Crippen LogP contribution is -2.08. The number of allylic oxidation sites excluding steroid dienone is 1. The smallest absolute Gasteiger partial charge is 0.250 e. The Morgan fingerprint density at radius 1 is 1.21 bits per heavy atom. The summed E-state index contributed by atoms with van der Waals surface area (Å²) >= 11 is 2.96. The first-order valence-electron chi connectivity index (χ1n) is 10.7. The Labute approximate surface area is 201 Å². The van der Waals surface area contributed by atoms with Gasteiger partial charge in [0.25, 0.3) is 0 Å². The molecule has 0 bridgehead atoms. The summed E-state index contributed by atoms with van der Waals surface area (Å²) in [5.74, 6) is 1.32. The minimum atomic E-state index is -0.259. The highest BCUT2D eigenvalue weighted by atomic mass is 32.2. The van der Waals surface area contributed by atoms with Crippen molar-refractivity contribution in [2.75, 3.05) is 17.7 Å². The number of carbonyl (C=O) groups excluding carboxylic acids is 1. The molecule has 170 valence electrons. The van der Waals surface area contributed by atoms with Crippen molar-refractivity contribution in [3.63, 3.8) is 0 Å². The summed E-state index contributed by atoms with van der Waals surface area (Å²) < 4.78 is 12.5. The Balaban J connectivity index is 1.67. The minimum Gasteiger partial charge on any atom is -0.493 e. The molecule has 0 aliphatic rings. The van der Waals surface area contributed by atoms with Gasteiger partial charge in [-0.3, -0.25) is 10.1 Å². The Hall–Kier alpha value is -3.10. The van der Waals surface area contributed by atoms with Gasteiger partial charge in [0.15, 0.2) is 4.34 Å². The minimum absolute atomic E-state index is 0.259. The standard InChI is InChI=1S/C25H25N3O3S2/c1-5-30-21-13-22-19(20(14-31-22)17-9-7-15(3)8-10-17)12-18(21)16(4)11-23(29)26-24-27-28-25(33-24)32-6-2/h7-14H,5-6H2,1-4H3,(H,26,27,29)/b16-11+. The van der Waals surface area contributed by atoms with Crippen LogP contribution >= 0.6 is 23.1 Å². The number of anilines is 1. The van der Waals surface area contributed by atoms with E-state index in [0.717, 1.165) is 43.3 Å². The van der Waals surface area contributed by atoms with Crippen LogP contribution in [0.5, 0.6) is 5.75 Å². The third-order valence-corrected chi connectivity index (χ3v) is 6.87. The lowest BCUT2D eigenvalue weighted by molar-refractivity contribution is -0.111. The molecule has 6 nitrogen and oxygen atoms in total. The van der Waals surface area contributed by atoms with Crippen molar-refractivity contribution in [1.29, 1.82) is 0 Å². The van der Waals surface area contributed by atoms with E-state index in [2.05, 4.69) is 46.7 Å². The summed E-state index contributed by atoms with van der Waals surface area (Å²) in [6, 6.07) is 12.2. The molecule has 0 saturated heterocycles. The zero-order valence-corrected chi connectivity index (χ0v) is 20.6. The molecule has 0 atom stereocenters. The van der Waals surface area contributed by atoms with Gasteiger partial charge in [0.2, 0.25) is 11.0 Å². The van der Waals surface area contributed by atoms with Crippen molar-refractivity contribution in [2.45, 2.75) is 32.0 Å². The average Bonchev–Trinajstić information content (AvgIpc) is 3.40. The van der Waals surface area contributed by atoms with Gasteiger partial charge in [-0.1, -0.05) is 59.9 Å². The third-order valence-electron chi connectivity index (χ3n) is 5.01. The zero-order chi connectivity index (χ0) is 23.4. The van der Waals surface area contributed by atoms with Crippen molar-refractivity contribution >= 4 is 50.7 Å². The highest BCUT2D eigenvalue weighted by molar-refractivity contribution is 8.01. The van der Waals surface area contributed by atoms with E-state index in [0.29, 0.717) is 17.5 Å². The first-order chi connectivity index (χ1) is 16.0. The number of amides is 1. The van der Waals surface area contributed by atoms with E-state index < -0.39 is 0 Å². The van der Waals surface area contributed by atoms with Crippen molar-refractivity contribution < 1.29 is 13.9 Å².